The zero-order valence-electron chi connectivity index (χ0n) is 10.2. The van der Waals surface area contributed by atoms with Crippen LogP contribution in [0.4, 0.5) is 0 Å². The second kappa shape index (κ2) is 5.23. The number of nitrogens with one attached hydrogen (secondary N) is 1. The van der Waals surface area contributed by atoms with Crippen LogP contribution in [0.3, 0.4) is 0 Å². The monoisotopic (exact) mass is 244 g/mol. The lowest BCUT2D eigenvalue weighted by molar-refractivity contribution is 0.998. The van der Waals surface area contributed by atoms with Crippen molar-refractivity contribution < 1.29 is 0 Å². The van der Waals surface area contributed by atoms with Gasteiger partial charge in [-0.25, -0.2) is 4.98 Å². The Hall–Kier alpha value is -1.48. The molecule has 0 amide bonds. The van der Waals surface area contributed by atoms with E-state index in [-0.39, 0.29) is 0 Å². The molecule has 0 atom stereocenters. The molecule has 0 saturated carbocycles. The number of hydrogen-bond acceptors (Lipinski definition) is 2. The zero-order chi connectivity index (χ0) is 12.3. The van der Waals surface area contributed by atoms with Gasteiger partial charge in [0, 0.05) is 11.3 Å². The SMILES string of the molecule is CCc1ccc(-c2nc(=S)cc(CC)[nH]2)cc1. The van der Waals surface area contributed by atoms with Crippen molar-refractivity contribution in [2.75, 3.05) is 0 Å². The van der Waals surface area contributed by atoms with E-state index >= 15 is 0 Å². The Labute approximate surface area is 107 Å². The molecule has 0 aliphatic rings. The average Bonchev–Trinajstić information content (AvgIpc) is 2.38. The predicted octanol–water partition coefficient (Wildman–Crippen LogP) is 3.93. The fourth-order valence-electron chi connectivity index (χ4n) is 1.73. The van der Waals surface area contributed by atoms with Crippen LogP contribution < -0.4 is 0 Å². The Kier molecular flexibility index (Phi) is 3.69. The molecule has 2 rings (SSSR count). The lowest BCUT2D eigenvalue weighted by Crippen LogP contribution is -1.95. The summed E-state index contributed by atoms with van der Waals surface area (Å²) in [7, 11) is 0. The Morgan fingerprint density at radius 1 is 1.12 bits per heavy atom. The van der Waals surface area contributed by atoms with Crippen LogP contribution in [0.5, 0.6) is 0 Å². The molecule has 1 N–H and O–H groups in total. The van der Waals surface area contributed by atoms with Gasteiger partial charge < -0.3 is 4.98 Å². The van der Waals surface area contributed by atoms with E-state index in [1.165, 1.54) is 5.56 Å². The molecule has 2 nitrogen and oxygen atoms in total. The first kappa shape index (κ1) is 12.0. The molecule has 0 bridgehead atoms. The van der Waals surface area contributed by atoms with Gasteiger partial charge in [-0.1, -0.05) is 50.3 Å². The van der Waals surface area contributed by atoms with Crippen molar-refractivity contribution >= 4 is 12.2 Å². The summed E-state index contributed by atoms with van der Waals surface area (Å²) in [5.41, 5.74) is 3.54. The first-order chi connectivity index (χ1) is 8.22. The van der Waals surface area contributed by atoms with Gasteiger partial charge in [-0.15, -0.1) is 0 Å². The van der Waals surface area contributed by atoms with Gasteiger partial charge in [-0.3, -0.25) is 0 Å². The maximum atomic E-state index is 5.17. The van der Waals surface area contributed by atoms with Crippen LogP contribution >= 0.6 is 12.2 Å². The Balaban J connectivity index is 2.44. The molecule has 0 saturated heterocycles. The summed E-state index contributed by atoms with van der Waals surface area (Å²) in [6.45, 7) is 4.25. The van der Waals surface area contributed by atoms with Crippen LogP contribution in [0.15, 0.2) is 30.3 Å². The quantitative estimate of drug-likeness (QED) is 0.829. The molecule has 0 fully saturated rings. The summed E-state index contributed by atoms with van der Waals surface area (Å²) in [6, 6.07) is 10.4. The molecule has 3 heteroatoms. The van der Waals surface area contributed by atoms with E-state index < -0.39 is 0 Å². The smallest absolute Gasteiger partial charge is 0.139 e. The Bertz CT molecular complexity index is 555. The van der Waals surface area contributed by atoms with Gasteiger partial charge in [-0.05, 0) is 24.5 Å². The van der Waals surface area contributed by atoms with Crippen LogP contribution in [-0.4, -0.2) is 9.97 Å². The summed E-state index contributed by atoms with van der Waals surface area (Å²) in [6.07, 6.45) is 1.99. The third kappa shape index (κ3) is 2.80. The highest BCUT2D eigenvalue weighted by Crippen LogP contribution is 2.16. The van der Waals surface area contributed by atoms with Gasteiger partial charge in [-0.2, -0.15) is 0 Å². The maximum Gasteiger partial charge on any atom is 0.139 e. The van der Waals surface area contributed by atoms with Gasteiger partial charge in [0.15, 0.2) is 0 Å². The third-order valence-electron chi connectivity index (χ3n) is 2.82. The maximum absolute atomic E-state index is 5.17. The molecule has 0 aliphatic heterocycles. The summed E-state index contributed by atoms with van der Waals surface area (Å²) in [5, 5.41) is 0. The van der Waals surface area contributed by atoms with E-state index in [1.807, 2.05) is 6.07 Å². The highest BCUT2D eigenvalue weighted by atomic mass is 32.1. The van der Waals surface area contributed by atoms with Crippen molar-refractivity contribution in [1.29, 1.82) is 0 Å². The minimum Gasteiger partial charge on any atom is -0.343 e. The summed E-state index contributed by atoms with van der Waals surface area (Å²) < 4.78 is 0.648. The number of aromatic nitrogens is 2. The van der Waals surface area contributed by atoms with E-state index in [0.717, 1.165) is 29.9 Å². The van der Waals surface area contributed by atoms with Gasteiger partial charge in [0.2, 0.25) is 0 Å². The summed E-state index contributed by atoms with van der Waals surface area (Å²) >= 11 is 5.17. The lowest BCUT2D eigenvalue weighted by Gasteiger charge is -2.05. The number of nitrogens with zero attached hydrogens (tertiary/aromatic N) is 1. The molecule has 2 aromatic rings. The van der Waals surface area contributed by atoms with Crippen LogP contribution in [0.25, 0.3) is 11.4 Å². The third-order valence-corrected chi connectivity index (χ3v) is 3.02. The van der Waals surface area contributed by atoms with Gasteiger partial charge in [0.25, 0.3) is 0 Å². The Morgan fingerprint density at radius 2 is 1.82 bits per heavy atom. The number of benzene rings is 1. The van der Waals surface area contributed by atoms with Crippen molar-refractivity contribution in [2.45, 2.75) is 26.7 Å². The van der Waals surface area contributed by atoms with E-state index in [1.54, 1.807) is 0 Å². The number of aromatic amines is 1. The highest BCUT2D eigenvalue weighted by molar-refractivity contribution is 7.71. The van der Waals surface area contributed by atoms with Crippen molar-refractivity contribution in [1.82, 2.24) is 9.97 Å². The predicted molar refractivity (Wildman–Crippen MR) is 73.6 cm³/mol. The molecule has 0 spiro atoms. The fraction of sp³-hybridized carbons (Fsp3) is 0.286. The number of H-pyrrole nitrogens is 1. The molecular weight excluding hydrogens is 228 g/mol. The average molecular weight is 244 g/mol. The first-order valence-corrected chi connectivity index (χ1v) is 6.33. The number of aryl methyl sites for hydroxylation is 2. The van der Waals surface area contributed by atoms with E-state index in [9.17, 15) is 0 Å². The largest absolute Gasteiger partial charge is 0.343 e. The molecule has 0 aliphatic carbocycles. The molecule has 0 radical (unpaired) electrons. The van der Waals surface area contributed by atoms with Crippen molar-refractivity contribution in [3.8, 4) is 11.4 Å². The molecule has 1 heterocycles. The van der Waals surface area contributed by atoms with Crippen molar-refractivity contribution in [3.63, 3.8) is 0 Å². The molecule has 0 unspecified atom stereocenters. The highest BCUT2D eigenvalue weighted by Gasteiger charge is 2.01. The Morgan fingerprint density at radius 3 is 2.41 bits per heavy atom. The van der Waals surface area contributed by atoms with Crippen LogP contribution in [-0.2, 0) is 12.8 Å². The van der Waals surface area contributed by atoms with Crippen molar-refractivity contribution in [2.24, 2.45) is 0 Å². The molecule has 88 valence electrons. The van der Waals surface area contributed by atoms with Crippen LogP contribution in [0.2, 0.25) is 0 Å². The van der Waals surface area contributed by atoms with Gasteiger partial charge >= 0.3 is 0 Å². The fourth-order valence-corrected chi connectivity index (χ4v) is 1.97. The lowest BCUT2D eigenvalue weighted by atomic mass is 10.1. The van der Waals surface area contributed by atoms with Gasteiger partial charge in [0.1, 0.15) is 10.5 Å². The van der Waals surface area contributed by atoms with E-state index in [0.29, 0.717) is 4.64 Å². The van der Waals surface area contributed by atoms with Crippen molar-refractivity contribution in [3.05, 3.63) is 46.2 Å². The van der Waals surface area contributed by atoms with Gasteiger partial charge in [0.05, 0.1) is 0 Å². The second-order valence-electron chi connectivity index (χ2n) is 4.00. The zero-order valence-corrected chi connectivity index (χ0v) is 11.0. The van der Waals surface area contributed by atoms with Crippen LogP contribution in [0.1, 0.15) is 25.1 Å². The number of rotatable bonds is 3. The number of hydrogen-bond donors (Lipinski definition) is 1. The summed E-state index contributed by atoms with van der Waals surface area (Å²) in [5.74, 6) is 0.858. The normalized spacial score (nSPS) is 10.5. The molecule has 1 aromatic heterocycles. The molecule has 17 heavy (non-hydrogen) atoms. The van der Waals surface area contributed by atoms with E-state index in [2.05, 4.69) is 48.1 Å². The second-order valence-corrected chi connectivity index (χ2v) is 4.42. The summed E-state index contributed by atoms with van der Waals surface area (Å²) in [4.78, 5) is 7.68. The molecular formula is C14H16N2S. The standard InChI is InChI=1S/C14H16N2S/c1-3-10-5-7-11(8-6-10)14-15-12(4-2)9-13(17)16-14/h5-9H,3-4H2,1-2H3,(H,15,16,17). The molecule has 1 aromatic carbocycles. The topological polar surface area (TPSA) is 28.7 Å². The van der Waals surface area contributed by atoms with Crippen LogP contribution in [0, 0.1) is 4.64 Å². The minimum absolute atomic E-state index is 0.648. The van der Waals surface area contributed by atoms with E-state index in [4.69, 9.17) is 12.2 Å². The minimum atomic E-state index is 0.648. The first-order valence-electron chi connectivity index (χ1n) is 5.92.